The average molecular weight is 289 g/mol. The molecule has 0 spiro atoms. The third-order valence-electron chi connectivity index (χ3n) is 3.29. The molecule has 0 atom stereocenters. The number of ether oxygens (including phenoxy) is 1. The molecule has 0 saturated carbocycles. The molecule has 1 heterocycles. The van der Waals surface area contributed by atoms with E-state index in [9.17, 15) is 10.1 Å². The summed E-state index contributed by atoms with van der Waals surface area (Å²) in [5.41, 5.74) is 1.67. The number of nitrogens with zero attached hydrogens (tertiary/aromatic N) is 2. The van der Waals surface area contributed by atoms with Crippen LogP contribution < -0.4 is 10.1 Å². The van der Waals surface area contributed by atoms with E-state index in [1.165, 1.54) is 19.2 Å². The first-order chi connectivity index (χ1) is 9.97. The normalized spacial score (nSPS) is 10.9. The minimum atomic E-state index is -0.421. The van der Waals surface area contributed by atoms with Gasteiger partial charge in [0.2, 0.25) is 0 Å². The predicted molar refractivity (Wildman–Crippen MR) is 83.2 cm³/mol. The van der Waals surface area contributed by atoms with E-state index in [0.717, 1.165) is 17.9 Å². The number of pyridine rings is 1. The van der Waals surface area contributed by atoms with E-state index in [1.807, 2.05) is 13.0 Å². The van der Waals surface area contributed by atoms with E-state index in [0.29, 0.717) is 16.7 Å². The summed E-state index contributed by atoms with van der Waals surface area (Å²) in [7, 11) is 1.49. The Hall–Kier alpha value is -2.37. The Labute approximate surface area is 123 Å². The molecule has 0 bridgehead atoms. The van der Waals surface area contributed by atoms with Crippen LogP contribution >= 0.6 is 0 Å². The SMILES string of the molecule is CCNc1nc2c(OC)cc([N+](=O)[O-])cc2cc1C(C)C. The van der Waals surface area contributed by atoms with Crippen molar-refractivity contribution in [2.75, 3.05) is 19.0 Å². The summed E-state index contributed by atoms with van der Waals surface area (Å²) >= 11 is 0. The summed E-state index contributed by atoms with van der Waals surface area (Å²) in [6.45, 7) is 6.90. The van der Waals surface area contributed by atoms with E-state index < -0.39 is 4.92 Å². The largest absolute Gasteiger partial charge is 0.494 e. The lowest BCUT2D eigenvalue weighted by Gasteiger charge is -2.15. The van der Waals surface area contributed by atoms with Crippen LogP contribution in [0.2, 0.25) is 0 Å². The molecule has 0 aliphatic carbocycles. The minimum Gasteiger partial charge on any atom is -0.494 e. The number of hydrogen-bond donors (Lipinski definition) is 1. The van der Waals surface area contributed by atoms with Crippen LogP contribution in [0.15, 0.2) is 18.2 Å². The van der Waals surface area contributed by atoms with Crippen LogP contribution in [0.5, 0.6) is 5.75 Å². The van der Waals surface area contributed by atoms with Crippen LogP contribution in [0, 0.1) is 10.1 Å². The van der Waals surface area contributed by atoms with Gasteiger partial charge in [-0.3, -0.25) is 10.1 Å². The van der Waals surface area contributed by atoms with Crippen LogP contribution in [-0.4, -0.2) is 23.6 Å². The molecule has 0 fully saturated rings. The smallest absolute Gasteiger partial charge is 0.273 e. The maximum atomic E-state index is 11.0. The molecule has 0 amide bonds. The van der Waals surface area contributed by atoms with Gasteiger partial charge >= 0.3 is 0 Å². The number of aromatic nitrogens is 1. The number of methoxy groups -OCH3 is 1. The van der Waals surface area contributed by atoms with Crippen molar-refractivity contribution in [1.29, 1.82) is 0 Å². The number of nitro benzene ring substituents is 1. The monoisotopic (exact) mass is 289 g/mol. The van der Waals surface area contributed by atoms with Crippen molar-refractivity contribution < 1.29 is 9.66 Å². The van der Waals surface area contributed by atoms with Gasteiger partial charge in [-0.1, -0.05) is 13.8 Å². The number of non-ortho nitro benzene ring substituents is 1. The van der Waals surface area contributed by atoms with Crippen molar-refractivity contribution >= 4 is 22.4 Å². The highest BCUT2D eigenvalue weighted by molar-refractivity contribution is 5.89. The lowest BCUT2D eigenvalue weighted by molar-refractivity contribution is -0.384. The first kappa shape index (κ1) is 15.0. The van der Waals surface area contributed by atoms with Crippen molar-refractivity contribution in [2.45, 2.75) is 26.7 Å². The van der Waals surface area contributed by atoms with Crippen molar-refractivity contribution in [3.05, 3.63) is 33.9 Å². The van der Waals surface area contributed by atoms with E-state index in [2.05, 4.69) is 24.1 Å². The molecule has 0 radical (unpaired) electrons. The topological polar surface area (TPSA) is 77.3 Å². The molecular weight excluding hydrogens is 270 g/mol. The van der Waals surface area contributed by atoms with Gasteiger partial charge in [0, 0.05) is 18.0 Å². The van der Waals surface area contributed by atoms with Crippen LogP contribution in [0.25, 0.3) is 10.9 Å². The summed E-state index contributed by atoms with van der Waals surface area (Å²) in [6.07, 6.45) is 0. The first-order valence-corrected chi connectivity index (χ1v) is 6.88. The molecule has 0 unspecified atom stereocenters. The van der Waals surface area contributed by atoms with Crippen molar-refractivity contribution in [2.24, 2.45) is 0 Å². The van der Waals surface area contributed by atoms with Crippen molar-refractivity contribution in [3.63, 3.8) is 0 Å². The fourth-order valence-corrected chi connectivity index (χ4v) is 2.27. The zero-order valence-electron chi connectivity index (χ0n) is 12.6. The number of fused-ring (bicyclic) bond motifs is 1. The molecule has 2 aromatic rings. The molecule has 0 aliphatic rings. The number of anilines is 1. The van der Waals surface area contributed by atoms with Gasteiger partial charge in [-0.15, -0.1) is 0 Å². The Balaban J connectivity index is 2.76. The molecule has 1 N–H and O–H groups in total. The standard InChI is InChI=1S/C15H19N3O3/c1-5-16-15-12(9(2)3)7-10-6-11(18(19)20)8-13(21-4)14(10)17-15/h6-9H,5H2,1-4H3,(H,16,17). The summed E-state index contributed by atoms with van der Waals surface area (Å²) in [4.78, 5) is 15.2. The van der Waals surface area contributed by atoms with Gasteiger partial charge < -0.3 is 10.1 Å². The second kappa shape index (κ2) is 5.95. The fourth-order valence-electron chi connectivity index (χ4n) is 2.27. The summed E-state index contributed by atoms with van der Waals surface area (Å²) in [5.74, 6) is 1.47. The number of benzene rings is 1. The van der Waals surface area contributed by atoms with Crippen molar-refractivity contribution in [3.8, 4) is 5.75 Å². The number of rotatable bonds is 5. The first-order valence-electron chi connectivity index (χ1n) is 6.88. The van der Waals surface area contributed by atoms with Crippen LogP contribution in [-0.2, 0) is 0 Å². The van der Waals surface area contributed by atoms with Crippen LogP contribution in [0.4, 0.5) is 11.5 Å². The third kappa shape index (κ3) is 2.89. The van der Waals surface area contributed by atoms with E-state index in [4.69, 9.17) is 4.74 Å². The van der Waals surface area contributed by atoms with Gasteiger partial charge in [-0.2, -0.15) is 0 Å². The minimum absolute atomic E-state index is 0.00653. The Morgan fingerprint density at radius 3 is 2.62 bits per heavy atom. The van der Waals surface area contributed by atoms with Gasteiger partial charge in [-0.25, -0.2) is 4.98 Å². The Kier molecular flexibility index (Phi) is 4.26. The van der Waals surface area contributed by atoms with Crippen LogP contribution in [0.3, 0.4) is 0 Å². The second-order valence-electron chi connectivity index (χ2n) is 5.09. The van der Waals surface area contributed by atoms with Gasteiger partial charge in [0.1, 0.15) is 11.3 Å². The molecule has 112 valence electrons. The number of nitrogens with one attached hydrogen (secondary N) is 1. The molecule has 6 heteroatoms. The zero-order valence-corrected chi connectivity index (χ0v) is 12.6. The molecule has 21 heavy (non-hydrogen) atoms. The summed E-state index contributed by atoms with van der Waals surface area (Å²) in [5, 5.41) is 15.0. The lowest BCUT2D eigenvalue weighted by atomic mass is 10.0. The third-order valence-corrected chi connectivity index (χ3v) is 3.29. The molecule has 1 aromatic heterocycles. The predicted octanol–water partition coefficient (Wildman–Crippen LogP) is 3.71. The molecule has 6 nitrogen and oxygen atoms in total. The Morgan fingerprint density at radius 1 is 1.38 bits per heavy atom. The Morgan fingerprint density at radius 2 is 2.10 bits per heavy atom. The van der Waals surface area contributed by atoms with E-state index in [-0.39, 0.29) is 11.6 Å². The Bertz CT molecular complexity index is 683. The van der Waals surface area contributed by atoms with Gasteiger partial charge in [0.05, 0.1) is 18.1 Å². The maximum Gasteiger partial charge on any atom is 0.273 e. The summed E-state index contributed by atoms with van der Waals surface area (Å²) in [6, 6.07) is 4.88. The van der Waals surface area contributed by atoms with Crippen molar-refractivity contribution in [1.82, 2.24) is 4.98 Å². The number of nitro groups is 1. The van der Waals surface area contributed by atoms with Gasteiger partial charge in [0.15, 0.2) is 5.75 Å². The highest BCUT2D eigenvalue weighted by Gasteiger charge is 2.17. The fraction of sp³-hybridized carbons (Fsp3) is 0.400. The molecule has 2 rings (SSSR count). The quantitative estimate of drug-likeness (QED) is 0.670. The molecular formula is C15H19N3O3. The lowest BCUT2D eigenvalue weighted by Crippen LogP contribution is -2.05. The van der Waals surface area contributed by atoms with Gasteiger partial charge in [-0.05, 0) is 24.5 Å². The summed E-state index contributed by atoms with van der Waals surface area (Å²) < 4.78 is 5.26. The van der Waals surface area contributed by atoms with Gasteiger partial charge in [0.25, 0.3) is 5.69 Å². The number of hydrogen-bond acceptors (Lipinski definition) is 5. The average Bonchev–Trinajstić information content (AvgIpc) is 2.45. The van der Waals surface area contributed by atoms with E-state index >= 15 is 0 Å². The highest BCUT2D eigenvalue weighted by atomic mass is 16.6. The maximum absolute atomic E-state index is 11.0. The van der Waals surface area contributed by atoms with Crippen LogP contribution in [0.1, 0.15) is 32.3 Å². The second-order valence-corrected chi connectivity index (χ2v) is 5.09. The molecule has 0 aliphatic heterocycles. The van der Waals surface area contributed by atoms with E-state index in [1.54, 1.807) is 0 Å². The molecule has 1 aromatic carbocycles. The highest BCUT2D eigenvalue weighted by Crippen LogP contribution is 2.34. The molecule has 0 saturated heterocycles. The zero-order chi connectivity index (χ0) is 15.6.